The smallest absolute Gasteiger partial charge is 0.198 e. The lowest BCUT2D eigenvalue weighted by molar-refractivity contribution is 0.454. The lowest BCUT2D eigenvalue weighted by Gasteiger charge is -1.98. The largest absolute Gasteiger partial charge is 0.444 e. The fourth-order valence-electron chi connectivity index (χ4n) is 1.57. The Morgan fingerprint density at radius 2 is 2.00 bits per heavy atom. The number of benzene rings is 1. The normalized spacial score (nSPS) is 10.6. The predicted molar refractivity (Wildman–Crippen MR) is 63.3 cm³/mol. The Hall–Kier alpha value is -1.61. The van der Waals surface area contributed by atoms with E-state index in [-0.39, 0.29) is 0 Å². The number of nitrogens with zero attached hydrogens (tertiary/aromatic N) is 1. The maximum atomic E-state index is 5.58. The Bertz CT molecular complexity index is 445. The van der Waals surface area contributed by atoms with E-state index in [1.807, 2.05) is 7.05 Å². The van der Waals surface area contributed by atoms with Gasteiger partial charge in [0.2, 0.25) is 0 Å². The molecule has 0 aliphatic rings. The van der Waals surface area contributed by atoms with Crippen LogP contribution in [0.4, 0.5) is 0 Å². The zero-order valence-electron chi connectivity index (χ0n) is 9.66. The molecule has 0 atom stereocenters. The van der Waals surface area contributed by atoms with E-state index >= 15 is 0 Å². The molecule has 16 heavy (non-hydrogen) atoms. The SMILES string of the molecule is CNCc1cnc(Cc2ccc(C)cc2)o1. The molecule has 1 aromatic carbocycles. The summed E-state index contributed by atoms with van der Waals surface area (Å²) < 4.78 is 5.58. The summed E-state index contributed by atoms with van der Waals surface area (Å²) in [6.45, 7) is 2.81. The van der Waals surface area contributed by atoms with E-state index in [0.717, 1.165) is 24.6 Å². The van der Waals surface area contributed by atoms with Crippen LogP contribution in [0.2, 0.25) is 0 Å². The number of hydrogen-bond donors (Lipinski definition) is 1. The second kappa shape index (κ2) is 4.94. The number of nitrogens with one attached hydrogen (secondary N) is 1. The number of oxazole rings is 1. The molecule has 0 amide bonds. The molecule has 1 heterocycles. The third kappa shape index (κ3) is 2.70. The zero-order valence-corrected chi connectivity index (χ0v) is 9.66. The Morgan fingerprint density at radius 3 is 2.69 bits per heavy atom. The van der Waals surface area contributed by atoms with Gasteiger partial charge in [0.15, 0.2) is 5.89 Å². The maximum Gasteiger partial charge on any atom is 0.198 e. The maximum absolute atomic E-state index is 5.58. The van der Waals surface area contributed by atoms with Crippen molar-refractivity contribution in [3.8, 4) is 0 Å². The highest BCUT2D eigenvalue weighted by molar-refractivity contribution is 5.23. The van der Waals surface area contributed by atoms with Gasteiger partial charge >= 0.3 is 0 Å². The molecule has 0 fully saturated rings. The van der Waals surface area contributed by atoms with E-state index in [1.54, 1.807) is 6.20 Å². The summed E-state index contributed by atoms with van der Waals surface area (Å²) in [6.07, 6.45) is 2.53. The van der Waals surface area contributed by atoms with E-state index in [1.165, 1.54) is 11.1 Å². The highest BCUT2D eigenvalue weighted by atomic mass is 16.4. The van der Waals surface area contributed by atoms with Gasteiger partial charge in [0.1, 0.15) is 5.76 Å². The van der Waals surface area contributed by atoms with Crippen molar-refractivity contribution in [2.45, 2.75) is 19.9 Å². The molecule has 0 bridgehead atoms. The molecule has 3 heteroatoms. The third-order valence-electron chi connectivity index (χ3n) is 2.43. The predicted octanol–water partition coefficient (Wildman–Crippen LogP) is 2.29. The molecule has 0 saturated carbocycles. The Kier molecular flexibility index (Phi) is 3.37. The first-order valence-electron chi connectivity index (χ1n) is 5.41. The summed E-state index contributed by atoms with van der Waals surface area (Å²) in [5, 5.41) is 3.03. The van der Waals surface area contributed by atoms with Crippen LogP contribution in [0.5, 0.6) is 0 Å². The van der Waals surface area contributed by atoms with Crippen molar-refractivity contribution in [1.82, 2.24) is 10.3 Å². The van der Waals surface area contributed by atoms with Crippen LogP contribution in [0.3, 0.4) is 0 Å². The van der Waals surface area contributed by atoms with E-state index in [4.69, 9.17) is 4.42 Å². The average Bonchev–Trinajstić information content (AvgIpc) is 2.70. The van der Waals surface area contributed by atoms with Crippen molar-refractivity contribution in [3.63, 3.8) is 0 Å². The monoisotopic (exact) mass is 216 g/mol. The fraction of sp³-hybridized carbons (Fsp3) is 0.308. The summed E-state index contributed by atoms with van der Waals surface area (Å²) in [5.74, 6) is 1.65. The molecule has 0 spiro atoms. The lowest BCUT2D eigenvalue weighted by atomic mass is 10.1. The zero-order chi connectivity index (χ0) is 11.4. The van der Waals surface area contributed by atoms with Gasteiger partial charge in [0.25, 0.3) is 0 Å². The van der Waals surface area contributed by atoms with Gasteiger partial charge in [-0.05, 0) is 19.5 Å². The number of aryl methyl sites for hydroxylation is 1. The van der Waals surface area contributed by atoms with E-state index in [2.05, 4.69) is 41.5 Å². The standard InChI is InChI=1S/C13H16N2O/c1-10-3-5-11(6-4-10)7-13-15-9-12(16-13)8-14-2/h3-6,9,14H,7-8H2,1-2H3. The Balaban J connectivity index is 2.05. The lowest BCUT2D eigenvalue weighted by Crippen LogP contribution is -2.03. The molecule has 84 valence electrons. The second-order valence-corrected chi connectivity index (χ2v) is 3.91. The molecule has 0 aliphatic carbocycles. The molecule has 0 saturated heterocycles. The average molecular weight is 216 g/mol. The summed E-state index contributed by atoms with van der Waals surface area (Å²) >= 11 is 0. The van der Waals surface area contributed by atoms with Crippen molar-refractivity contribution >= 4 is 0 Å². The van der Waals surface area contributed by atoms with E-state index < -0.39 is 0 Å². The van der Waals surface area contributed by atoms with Crippen LogP contribution < -0.4 is 5.32 Å². The van der Waals surface area contributed by atoms with E-state index in [9.17, 15) is 0 Å². The van der Waals surface area contributed by atoms with Crippen LogP contribution in [0.15, 0.2) is 34.9 Å². The number of rotatable bonds is 4. The van der Waals surface area contributed by atoms with Crippen molar-refractivity contribution in [3.05, 3.63) is 53.2 Å². The Morgan fingerprint density at radius 1 is 1.25 bits per heavy atom. The molecule has 1 N–H and O–H groups in total. The molecule has 0 aliphatic heterocycles. The van der Waals surface area contributed by atoms with Gasteiger partial charge in [-0.2, -0.15) is 0 Å². The van der Waals surface area contributed by atoms with Gasteiger partial charge < -0.3 is 9.73 Å². The topological polar surface area (TPSA) is 38.1 Å². The van der Waals surface area contributed by atoms with Crippen molar-refractivity contribution in [1.29, 1.82) is 0 Å². The fourth-order valence-corrected chi connectivity index (χ4v) is 1.57. The minimum atomic E-state index is 0.723. The van der Waals surface area contributed by atoms with Crippen LogP contribution in [0.25, 0.3) is 0 Å². The third-order valence-corrected chi connectivity index (χ3v) is 2.43. The minimum Gasteiger partial charge on any atom is -0.444 e. The number of hydrogen-bond acceptors (Lipinski definition) is 3. The van der Waals surface area contributed by atoms with Gasteiger partial charge in [0, 0.05) is 6.42 Å². The van der Waals surface area contributed by atoms with Gasteiger partial charge in [-0.1, -0.05) is 29.8 Å². The summed E-state index contributed by atoms with van der Waals surface area (Å²) in [4.78, 5) is 4.25. The first-order valence-corrected chi connectivity index (χ1v) is 5.41. The molecule has 0 unspecified atom stereocenters. The minimum absolute atomic E-state index is 0.723. The second-order valence-electron chi connectivity index (χ2n) is 3.91. The molecule has 2 aromatic rings. The molecule has 2 rings (SSSR count). The van der Waals surface area contributed by atoms with Crippen LogP contribution in [-0.4, -0.2) is 12.0 Å². The van der Waals surface area contributed by atoms with Crippen molar-refractivity contribution in [2.24, 2.45) is 0 Å². The van der Waals surface area contributed by atoms with Crippen molar-refractivity contribution in [2.75, 3.05) is 7.05 Å². The molecule has 3 nitrogen and oxygen atoms in total. The molecular weight excluding hydrogens is 200 g/mol. The van der Waals surface area contributed by atoms with Gasteiger partial charge in [-0.25, -0.2) is 4.98 Å². The summed E-state index contributed by atoms with van der Waals surface area (Å²) in [5.41, 5.74) is 2.50. The van der Waals surface area contributed by atoms with Crippen LogP contribution in [0, 0.1) is 6.92 Å². The van der Waals surface area contributed by atoms with Gasteiger partial charge in [-0.3, -0.25) is 0 Å². The Labute approximate surface area is 95.5 Å². The highest BCUT2D eigenvalue weighted by Crippen LogP contribution is 2.11. The number of aromatic nitrogens is 1. The molecular formula is C13H16N2O. The quantitative estimate of drug-likeness (QED) is 0.852. The summed E-state index contributed by atoms with van der Waals surface area (Å²) in [7, 11) is 1.89. The van der Waals surface area contributed by atoms with Crippen molar-refractivity contribution < 1.29 is 4.42 Å². The van der Waals surface area contributed by atoms with Gasteiger partial charge in [-0.15, -0.1) is 0 Å². The van der Waals surface area contributed by atoms with Crippen LogP contribution >= 0.6 is 0 Å². The van der Waals surface area contributed by atoms with E-state index in [0.29, 0.717) is 0 Å². The highest BCUT2D eigenvalue weighted by Gasteiger charge is 2.04. The van der Waals surface area contributed by atoms with Crippen LogP contribution in [0.1, 0.15) is 22.8 Å². The van der Waals surface area contributed by atoms with Crippen LogP contribution in [-0.2, 0) is 13.0 Å². The summed E-state index contributed by atoms with van der Waals surface area (Å²) in [6, 6.07) is 8.42. The first-order chi connectivity index (χ1) is 7.78. The van der Waals surface area contributed by atoms with Gasteiger partial charge in [0.05, 0.1) is 12.7 Å². The molecule has 0 radical (unpaired) electrons. The molecule has 1 aromatic heterocycles. The first kappa shape index (κ1) is 10.9.